The van der Waals surface area contributed by atoms with Crippen molar-refractivity contribution in [3.8, 4) is 0 Å². The molecule has 1 amide bonds. The number of aliphatic imine (C=N–C) groups is 1. The van der Waals surface area contributed by atoms with Gasteiger partial charge in [-0.1, -0.05) is 0 Å². The molecular weight excluding hydrogens is 272 g/mol. The van der Waals surface area contributed by atoms with Crippen LogP contribution in [-0.4, -0.2) is 61.0 Å². The van der Waals surface area contributed by atoms with Gasteiger partial charge in [-0.05, 0) is 46.1 Å². The Labute approximate surface area is 128 Å². The molecule has 5 nitrogen and oxygen atoms in total. The molecule has 0 heterocycles. The Morgan fingerprint density at radius 3 is 2.50 bits per heavy atom. The smallest absolute Gasteiger partial charge is 0.240 e. The number of carbonyl (C=O) groups excluding carboxylic acids is 1. The molecule has 0 rings (SSSR count). The summed E-state index contributed by atoms with van der Waals surface area (Å²) in [6.45, 7) is 9.86. The summed E-state index contributed by atoms with van der Waals surface area (Å²) in [5, 5.41) is 6.17. The molecule has 0 aliphatic rings. The third-order valence-electron chi connectivity index (χ3n) is 2.36. The average Bonchev–Trinajstić information content (AvgIpc) is 2.30. The zero-order valence-electron chi connectivity index (χ0n) is 13.7. The lowest BCUT2D eigenvalue weighted by Gasteiger charge is -2.25. The number of hydrogen-bond donors (Lipinski definition) is 2. The van der Waals surface area contributed by atoms with Gasteiger partial charge in [0.2, 0.25) is 5.91 Å². The standard InChI is InChI=1S/C14H30N4OS/c1-7-15-13(16-9-8-10-20-6)18(5)11-12(19)17-14(2,3)4/h7-11H2,1-6H3,(H,15,16)(H,17,19). The molecule has 0 radical (unpaired) electrons. The van der Waals surface area contributed by atoms with E-state index in [4.69, 9.17) is 0 Å². The lowest BCUT2D eigenvalue weighted by Crippen LogP contribution is -2.48. The highest BCUT2D eigenvalue weighted by Gasteiger charge is 2.16. The molecule has 0 saturated carbocycles. The summed E-state index contributed by atoms with van der Waals surface area (Å²) in [7, 11) is 1.89. The first-order valence-electron chi connectivity index (χ1n) is 7.09. The van der Waals surface area contributed by atoms with E-state index in [9.17, 15) is 4.79 Å². The van der Waals surface area contributed by atoms with E-state index in [1.807, 2.05) is 51.4 Å². The van der Waals surface area contributed by atoms with Crippen LogP contribution >= 0.6 is 11.8 Å². The van der Waals surface area contributed by atoms with Gasteiger partial charge in [0.25, 0.3) is 0 Å². The lowest BCUT2D eigenvalue weighted by molar-refractivity contribution is -0.122. The summed E-state index contributed by atoms with van der Waals surface area (Å²) in [4.78, 5) is 18.3. The van der Waals surface area contributed by atoms with Crippen molar-refractivity contribution in [1.82, 2.24) is 15.5 Å². The SMILES string of the molecule is CCNC(=NCCCSC)N(C)CC(=O)NC(C)(C)C. The fourth-order valence-electron chi connectivity index (χ4n) is 1.61. The van der Waals surface area contributed by atoms with Gasteiger partial charge in [-0.3, -0.25) is 9.79 Å². The number of nitrogens with zero attached hydrogens (tertiary/aromatic N) is 2. The van der Waals surface area contributed by atoms with E-state index < -0.39 is 0 Å². The molecule has 0 aromatic carbocycles. The number of rotatable bonds is 7. The second-order valence-corrected chi connectivity index (χ2v) is 6.72. The van der Waals surface area contributed by atoms with Crippen LogP contribution in [0.2, 0.25) is 0 Å². The Hall–Kier alpha value is -0.910. The molecule has 0 aliphatic carbocycles. The molecule has 6 heteroatoms. The first-order chi connectivity index (χ1) is 9.30. The topological polar surface area (TPSA) is 56.7 Å². The summed E-state index contributed by atoms with van der Waals surface area (Å²) in [6.07, 6.45) is 3.15. The van der Waals surface area contributed by atoms with Gasteiger partial charge in [-0.25, -0.2) is 0 Å². The molecule has 20 heavy (non-hydrogen) atoms. The van der Waals surface area contributed by atoms with Gasteiger partial charge in [0.05, 0.1) is 6.54 Å². The van der Waals surface area contributed by atoms with Crippen molar-refractivity contribution in [2.75, 3.05) is 38.7 Å². The monoisotopic (exact) mass is 302 g/mol. The number of thioether (sulfide) groups is 1. The number of likely N-dealkylation sites (N-methyl/N-ethyl adjacent to an activating group) is 1. The van der Waals surface area contributed by atoms with Crippen LogP contribution < -0.4 is 10.6 Å². The van der Waals surface area contributed by atoms with E-state index in [2.05, 4.69) is 21.9 Å². The Kier molecular flexibility index (Phi) is 9.46. The lowest BCUT2D eigenvalue weighted by atomic mass is 10.1. The summed E-state index contributed by atoms with van der Waals surface area (Å²) in [5.41, 5.74) is -0.203. The Bertz CT molecular complexity index is 313. The maximum absolute atomic E-state index is 11.9. The first kappa shape index (κ1) is 19.1. The number of amides is 1. The van der Waals surface area contributed by atoms with Crippen molar-refractivity contribution in [1.29, 1.82) is 0 Å². The fraction of sp³-hybridized carbons (Fsp3) is 0.857. The van der Waals surface area contributed by atoms with Gasteiger partial charge in [0.15, 0.2) is 5.96 Å². The largest absolute Gasteiger partial charge is 0.357 e. The minimum atomic E-state index is -0.203. The predicted molar refractivity (Wildman–Crippen MR) is 89.5 cm³/mol. The normalized spacial score (nSPS) is 12.2. The van der Waals surface area contributed by atoms with E-state index in [0.717, 1.165) is 31.2 Å². The summed E-state index contributed by atoms with van der Waals surface area (Å²) < 4.78 is 0. The van der Waals surface area contributed by atoms with Crippen LogP contribution in [0.5, 0.6) is 0 Å². The second kappa shape index (κ2) is 9.91. The van der Waals surface area contributed by atoms with Gasteiger partial charge in [0, 0.05) is 25.7 Å². The van der Waals surface area contributed by atoms with Crippen LogP contribution in [0.15, 0.2) is 4.99 Å². The van der Waals surface area contributed by atoms with Crippen LogP contribution in [0.3, 0.4) is 0 Å². The number of nitrogens with one attached hydrogen (secondary N) is 2. The van der Waals surface area contributed by atoms with E-state index in [1.165, 1.54) is 0 Å². The van der Waals surface area contributed by atoms with Crippen LogP contribution in [-0.2, 0) is 4.79 Å². The zero-order chi connectivity index (χ0) is 15.6. The highest BCUT2D eigenvalue weighted by atomic mass is 32.2. The fourth-order valence-corrected chi connectivity index (χ4v) is 2.03. The van der Waals surface area contributed by atoms with Crippen molar-refractivity contribution in [2.24, 2.45) is 4.99 Å². The summed E-state index contributed by atoms with van der Waals surface area (Å²) in [6, 6.07) is 0. The third-order valence-corrected chi connectivity index (χ3v) is 3.06. The summed E-state index contributed by atoms with van der Waals surface area (Å²) >= 11 is 1.82. The molecular formula is C14H30N4OS. The molecule has 0 saturated heterocycles. The highest BCUT2D eigenvalue weighted by molar-refractivity contribution is 7.98. The molecule has 0 fully saturated rings. The average molecular weight is 302 g/mol. The van der Waals surface area contributed by atoms with Crippen LogP contribution in [0.4, 0.5) is 0 Å². The Balaban J connectivity index is 4.40. The maximum atomic E-state index is 11.9. The zero-order valence-corrected chi connectivity index (χ0v) is 14.6. The minimum Gasteiger partial charge on any atom is -0.357 e. The first-order valence-corrected chi connectivity index (χ1v) is 8.49. The highest BCUT2D eigenvalue weighted by Crippen LogP contribution is 1.99. The van der Waals surface area contributed by atoms with Gasteiger partial charge >= 0.3 is 0 Å². The van der Waals surface area contributed by atoms with Crippen molar-refractivity contribution in [3.05, 3.63) is 0 Å². The van der Waals surface area contributed by atoms with Gasteiger partial charge in [-0.15, -0.1) is 0 Å². The third kappa shape index (κ3) is 9.95. The second-order valence-electron chi connectivity index (χ2n) is 5.74. The van der Waals surface area contributed by atoms with Crippen molar-refractivity contribution >= 4 is 23.6 Å². The van der Waals surface area contributed by atoms with Crippen molar-refractivity contribution in [3.63, 3.8) is 0 Å². The van der Waals surface area contributed by atoms with Gasteiger partial charge < -0.3 is 15.5 Å². The molecule has 0 aromatic heterocycles. The molecule has 0 spiro atoms. The quantitative estimate of drug-likeness (QED) is 0.426. The number of carbonyl (C=O) groups is 1. The van der Waals surface area contributed by atoms with Gasteiger partial charge in [-0.2, -0.15) is 11.8 Å². The van der Waals surface area contributed by atoms with Crippen LogP contribution in [0, 0.1) is 0 Å². The van der Waals surface area contributed by atoms with E-state index in [1.54, 1.807) is 0 Å². The molecule has 118 valence electrons. The molecule has 2 N–H and O–H groups in total. The van der Waals surface area contributed by atoms with E-state index in [-0.39, 0.29) is 11.4 Å². The van der Waals surface area contributed by atoms with Gasteiger partial charge in [0.1, 0.15) is 0 Å². The molecule has 0 aromatic rings. The van der Waals surface area contributed by atoms with E-state index in [0.29, 0.717) is 6.54 Å². The Morgan fingerprint density at radius 2 is 2.00 bits per heavy atom. The van der Waals surface area contributed by atoms with E-state index >= 15 is 0 Å². The molecule has 0 unspecified atom stereocenters. The van der Waals surface area contributed by atoms with Crippen LogP contribution in [0.1, 0.15) is 34.1 Å². The van der Waals surface area contributed by atoms with Crippen molar-refractivity contribution in [2.45, 2.75) is 39.7 Å². The van der Waals surface area contributed by atoms with Crippen molar-refractivity contribution < 1.29 is 4.79 Å². The molecule has 0 aliphatic heterocycles. The number of hydrogen-bond acceptors (Lipinski definition) is 3. The Morgan fingerprint density at radius 1 is 1.35 bits per heavy atom. The number of guanidine groups is 1. The van der Waals surface area contributed by atoms with Crippen LogP contribution in [0.25, 0.3) is 0 Å². The predicted octanol–water partition coefficient (Wildman–Crippen LogP) is 1.55. The molecule has 0 bridgehead atoms. The summed E-state index contributed by atoms with van der Waals surface area (Å²) in [5.74, 6) is 1.91. The maximum Gasteiger partial charge on any atom is 0.240 e. The minimum absolute atomic E-state index is 0.00900. The molecule has 0 atom stereocenters.